The number of rotatable bonds is 11. The van der Waals surface area contributed by atoms with Crippen LogP contribution in [0.2, 0.25) is 0 Å². The van der Waals surface area contributed by atoms with E-state index < -0.39 is 0 Å². The topological polar surface area (TPSA) is 38.8 Å². The molecule has 24 heavy (non-hydrogen) atoms. The van der Waals surface area contributed by atoms with Gasteiger partial charge in [0.05, 0.1) is 7.11 Å². The molecule has 4 nitrogen and oxygen atoms in total. The van der Waals surface area contributed by atoms with Crippen LogP contribution in [0.15, 0.2) is 24.3 Å². The van der Waals surface area contributed by atoms with Crippen LogP contribution < -0.4 is 4.74 Å². The maximum Gasteiger partial charge on any atom is 0.225 e. The van der Waals surface area contributed by atoms with Crippen LogP contribution in [0.1, 0.15) is 63.9 Å². The molecule has 4 heteroatoms. The molecule has 0 saturated carbocycles. The number of ether oxygens (including phenoxy) is 2. The van der Waals surface area contributed by atoms with Crippen molar-refractivity contribution in [1.82, 2.24) is 4.90 Å². The second-order valence-electron chi connectivity index (χ2n) is 6.50. The molecule has 1 aliphatic heterocycles. The summed E-state index contributed by atoms with van der Waals surface area (Å²) in [6.45, 7) is 3.60. The van der Waals surface area contributed by atoms with Crippen LogP contribution in [0.25, 0.3) is 0 Å². The van der Waals surface area contributed by atoms with Gasteiger partial charge in [0, 0.05) is 26.0 Å². The van der Waals surface area contributed by atoms with Crippen LogP contribution in [-0.4, -0.2) is 30.8 Å². The minimum atomic E-state index is -0.0600. The van der Waals surface area contributed by atoms with Gasteiger partial charge in [-0.15, -0.1) is 0 Å². The number of hydrogen-bond donors (Lipinski definition) is 0. The quantitative estimate of drug-likeness (QED) is 0.559. The number of benzene rings is 1. The first kappa shape index (κ1) is 18.8. The summed E-state index contributed by atoms with van der Waals surface area (Å²) in [6.07, 6.45) is 8.87. The third-order valence-corrected chi connectivity index (χ3v) is 4.59. The van der Waals surface area contributed by atoms with Crippen LogP contribution >= 0.6 is 0 Å². The zero-order valence-electron chi connectivity index (χ0n) is 15.1. The molecule has 0 radical (unpaired) electrons. The molecular weight excluding hydrogens is 302 g/mol. The van der Waals surface area contributed by atoms with Gasteiger partial charge in [0.2, 0.25) is 5.91 Å². The van der Waals surface area contributed by atoms with Crippen molar-refractivity contribution in [2.45, 2.75) is 71.1 Å². The highest BCUT2D eigenvalue weighted by atomic mass is 16.5. The summed E-state index contributed by atoms with van der Waals surface area (Å²) in [4.78, 5) is 14.0. The number of amides is 1. The highest BCUT2D eigenvalue weighted by Crippen LogP contribution is 2.23. The van der Waals surface area contributed by atoms with Crippen LogP contribution in [0.4, 0.5) is 0 Å². The molecule has 1 saturated heterocycles. The van der Waals surface area contributed by atoms with Gasteiger partial charge in [-0.3, -0.25) is 4.79 Å². The smallest absolute Gasteiger partial charge is 0.225 e. The molecule has 1 aromatic carbocycles. The predicted octanol–water partition coefficient (Wildman–Crippen LogP) is 4.52. The first-order chi connectivity index (χ1) is 11.7. The first-order valence-corrected chi connectivity index (χ1v) is 9.28. The summed E-state index contributed by atoms with van der Waals surface area (Å²) in [5.41, 5.74) is 1.11. The fourth-order valence-electron chi connectivity index (χ4n) is 3.10. The second kappa shape index (κ2) is 10.3. The van der Waals surface area contributed by atoms with Crippen molar-refractivity contribution >= 4 is 5.91 Å². The molecule has 1 heterocycles. The molecule has 134 valence electrons. The molecule has 1 aliphatic rings. The number of likely N-dealkylation sites (tertiary alicyclic amines) is 1. The van der Waals surface area contributed by atoms with Gasteiger partial charge in [-0.2, -0.15) is 0 Å². The lowest BCUT2D eigenvalue weighted by molar-refractivity contribution is -0.137. The molecule has 0 spiro atoms. The van der Waals surface area contributed by atoms with E-state index in [9.17, 15) is 4.79 Å². The Morgan fingerprint density at radius 3 is 2.50 bits per heavy atom. The van der Waals surface area contributed by atoms with Gasteiger partial charge in [-0.25, -0.2) is 0 Å². The Balaban J connectivity index is 1.74. The lowest BCUT2D eigenvalue weighted by Gasteiger charge is -2.25. The minimum absolute atomic E-state index is 0.0600. The Kier molecular flexibility index (Phi) is 8.10. The van der Waals surface area contributed by atoms with Gasteiger partial charge < -0.3 is 14.4 Å². The molecule has 1 fully saturated rings. The summed E-state index contributed by atoms with van der Waals surface area (Å²) in [6, 6.07) is 7.88. The molecule has 0 aliphatic carbocycles. The van der Waals surface area contributed by atoms with Gasteiger partial charge >= 0.3 is 0 Å². The minimum Gasteiger partial charge on any atom is -0.497 e. The van der Waals surface area contributed by atoms with Crippen LogP contribution in [-0.2, 0) is 16.1 Å². The van der Waals surface area contributed by atoms with E-state index in [-0.39, 0.29) is 12.1 Å². The third-order valence-electron chi connectivity index (χ3n) is 4.59. The monoisotopic (exact) mass is 333 g/mol. The van der Waals surface area contributed by atoms with Gasteiger partial charge in [0.1, 0.15) is 12.0 Å². The average Bonchev–Trinajstić information content (AvgIpc) is 2.95. The Bertz CT molecular complexity index is 486. The van der Waals surface area contributed by atoms with E-state index in [2.05, 4.69) is 6.92 Å². The van der Waals surface area contributed by atoms with Gasteiger partial charge in [0.15, 0.2) is 0 Å². The third kappa shape index (κ3) is 5.82. The van der Waals surface area contributed by atoms with Crippen LogP contribution in [0.3, 0.4) is 0 Å². The molecule has 1 unspecified atom stereocenters. The highest BCUT2D eigenvalue weighted by molar-refractivity contribution is 5.78. The van der Waals surface area contributed by atoms with E-state index in [1.807, 2.05) is 29.2 Å². The highest BCUT2D eigenvalue weighted by Gasteiger charge is 2.31. The van der Waals surface area contributed by atoms with Gasteiger partial charge in [0.25, 0.3) is 0 Å². The SMILES string of the molecule is CCCCCCCCOC1CCC(=O)N1Cc1ccc(OC)cc1. The predicted molar refractivity (Wildman–Crippen MR) is 95.9 cm³/mol. The molecule has 0 N–H and O–H groups in total. The van der Waals surface area contributed by atoms with E-state index in [0.29, 0.717) is 13.0 Å². The lowest BCUT2D eigenvalue weighted by atomic mass is 10.1. The number of nitrogens with zero attached hydrogens (tertiary/aromatic N) is 1. The summed E-state index contributed by atoms with van der Waals surface area (Å²) in [5.74, 6) is 1.03. The fraction of sp³-hybridized carbons (Fsp3) is 0.650. The van der Waals surface area contributed by atoms with E-state index in [0.717, 1.165) is 30.8 Å². The van der Waals surface area contributed by atoms with E-state index >= 15 is 0 Å². The Morgan fingerprint density at radius 2 is 1.79 bits per heavy atom. The maximum absolute atomic E-state index is 12.1. The Hall–Kier alpha value is -1.55. The maximum atomic E-state index is 12.1. The number of hydrogen-bond acceptors (Lipinski definition) is 3. The Morgan fingerprint density at radius 1 is 1.08 bits per heavy atom. The summed E-state index contributed by atoms with van der Waals surface area (Å²) in [5, 5.41) is 0. The van der Waals surface area contributed by atoms with E-state index in [1.54, 1.807) is 7.11 Å². The fourth-order valence-corrected chi connectivity index (χ4v) is 3.10. The first-order valence-electron chi connectivity index (χ1n) is 9.28. The zero-order valence-corrected chi connectivity index (χ0v) is 15.1. The number of carbonyl (C=O) groups is 1. The van der Waals surface area contributed by atoms with Gasteiger partial charge in [-0.05, 0) is 24.1 Å². The molecule has 0 bridgehead atoms. The molecule has 1 aromatic rings. The Labute approximate surface area is 146 Å². The van der Waals surface area contributed by atoms with Crippen molar-refractivity contribution in [1.29, 1.82) is 0 Å². The van der Waals surface area contributed by atoms with Crippen molar-refractivity contribution in [3.05, 3.63) is 29.8 Å². The standard InChI is InChI=1S/C20H31NO3/c1-3-4-5-6-7-8-15-24-20-14-13-19(22)21(20)16-17-9-11-18(23-2)12-10-17/h9-12,20H,3-8,13-16H2,1-2H3. The van der Waals surface area contributed by atoms with Crippen LogP contribution in [0, 0.1) is 0 Å². The zero-order chi connectivity index (χ0) is 17.2. The number of unbranched alkanes of at least 4 members (excludes halogenated alkanes) is 5. The van der Waals surface area contributed by atoms with Crippen molar-refractivity contribution in [3.63, 3.8) is 0 Å². The second-order valence-corrected chi connectivity index (χ2v) is 6.50. The van der Waals surface area contributed by atoms with Gasteiger partial charge in [-0.1, -0.05) is 51.2 Å². The molecule has 1 atom stereocenters. The van der Waals surface area contributed by atoms with Crippen molar-refractivity contribution in [2.24, 2.45) is 0 Å². The van der Waals surface area contributed by atoms with Crippen LogP contribution in [0.5, 0.6) is 5.75 Å². The summed E-state index contributed by atoms with van der Waals surface area (Å²) < 4.78 is 11.2. The van der Waals surface area contributed by atoms with Crippen molar-refractivity contribution in [2.75, 3.05) is 13.7 Å². The number of methoxy groups -OCH3 is 1. The lowest BCUT2D eigenvalue weighted by Crippen LogP contribution is -2.34. The van der Waals surface area contributed by atoms with E-state index in [1.165, 1.54) is 32.1 Å². The summed E-state index contributed by atoms with van der Waals surface area (Å²) in [7, 11) is 1.66. The average molecular weight is 333 g/mol. The van der Waals surface area contributed by atoms with Crippen molar-refractivity contribution in [3.8, 4) is 5.75 Å². The normalized spacial score (nSPS) is 17.5. The van der Waals surface area contributed by atoms with Crippen molar-refractivity contribution < 1.29 is 14.3 Å². The number of carbonyl (C=O) groups excluding carboxylic acids is 1. The largest absolute Gasteiger partial charge is 0.497 e. The molecular formula is C20H31NO3. The molecule has 1 amide bonds. The summed E-state index contributed by atoms with van der Waals surface area (Å²) >= 11 is 0. The molecule has 0 aromatic heterocycles. The van der Waals surface area contributed by atoms with E-state index in [4.69, 9.17) is 9.47 Å². The molecule has 2 rings (SSSR count).